The Morgan fingerprint density at radius 2 is 1.82 bits per heavy atom. The van der Waals surface area contributed by atoms with E-state index in [2.05, 4.69) is 5.10 Å². The van der Waals surface area contributed by atoms with Crippen LogP contribution in [0.15, 0.2) is 82.5 Å². The number of hydrogen-bond donors (Lipinski definition) is 0. The first-order chi connectivity index (χ1) is 18.6. The molecule has 200 valence electrons. The van der Waals surface area contributed by atoms with Crippen molar-refractivity contribution in [2.45, 2.75) is 26.1 Å². The van der Waals surface area contributed by atoms with Crippen LogP contribution in [0.4, 0.5) is 13.2 Å². The summed E-state index contributed by atoms with van der Waals surface area (Å²) in [5.41, 5.74) is -0.869. The van der Waals surface area contributed by atoms with Crippen molar-refractivity contribution in [1.82, 2.24) is 18.9 Å². The van der Waals surface area contributed by atoms with Crippen LogP contribution < -0.4 is 11.2 Å². The van der Waals surface area contributed by atoms with Gasteiger partial charge in [-0.3, -0.25) is 13.9 Å². The van der Waals surface area contributed by atoms with E-state index in [4.69, 9.17) is 10.00 Å². The van der Waals surface area contributed by atoms with E-state index in [1.807, 2.05) is 6.07 Å². The minimum atomic E-state index is -4.63. The summed E-state index contributed by atoms with van der Waals surface area (Å²) in [6, 6.07) is 13.7. The summed E-state index contributed by atoms with van der Waals surface area (Å²) in [4.78, 5) is 27.6. The number of halogens is 3. The Bertz CT molecular complexity index is 1690. The molecule has 0 aliphatic rings. The smallest absolute Gasteiger partial charge is 0.381 e. The molecule has 0 aliphatic heterocycles. The number of methoxy groups -OCH3 is 1. The summed E-state index contributed by atoms with van der Waals surface area (Å²) in [5.74, 6) is 0. The second kappa shape index (κ2) is 11.0. The summed E-state index contributed by atoms with van der Waals surface area (Å²) >= 11 is 0. The van der Waals surface area contributed by atoms with E-state index in [0.29, 0.717) is 16.9 Å². The number of aromatic nitrogens is 4. The first-order valence-corrected chi connectivity index (χ1v) is 11.8. The van der Waals surface area contributed by atoms with Gasteiger partial charge in [-0.05, 0) is 62.4 Å². The lowest BCUT2D eigenvalue weighted by molar-refractivity contribution is -0.137. The Balaban J connectivity index is 2.04. The normalized spacial score (nSPS) is 12.5. The second-order valence-corrected chi connectivity index (χ2v) is 8.71. The van der Waals surface area contributed by atoms with Crippen molar-refractivity contribution < 1.29 is 17.9 Å². The largest absolute Gasteiger partial charge is 0.416 e. The van der Waals surface area contributed by atoms with E-state index in [1.165, 1.54) is 37.0 Å². The van der Waals surface area contributed by atoms with Gasteiger partial charge in [0.2, 0.25) is 0 Å². The third-order valence-corrected chi connectivity index (χ3v) is 6.18. The Morgan fingerprint density at radius 1 is 1.10 bits per heavy atom. The van der Waals surface area contributed by atoms with E-state index in [-0.39, 0.29) is 23.6 Å². The van der Waals surface area contributed by atoms with Crippen LogP contribution >= 0.6 is 0 Å². The summed E-state index contributed by atoms with van der Waals surface area (Å²) in [5, 5.41) is 13.5. The Morgan fingerprint density at radius 3 is 2.46 bits per heavy atom. The monoisotopic (exact) mass is 535 g/mol. The molecule has 0 saturated heterocycles. The van der Waals surface area contributed by atoms with E-state index >= 15 is 0 Å². The predicted molar refractivity (Wildman–Crippen MR) is 139 cm³/mol. The summed E-state index contributed by atoms with van der Waals surface area (Å²) in [6.45, 7) is 3.37. The minimum Gasteiger partial charge on any atom is -0.381 e. The van der Waals surface area contributed by atoms with Gasteiger partial charge in [-0.25, -0.2) is 9.48 Å². The molecule has 0 fully saturated rings. The topological polar surface area (TPSA) is 94.8 Å². The van der Waals surface area contributed by atoms with Gasteiger partial charge in [-0.15, -0.1) is 0 Å². The number of hydrogen-bond acceptors (Lipinski definition) is 5. The van der Waals surface area contributed by atoms with Gasteiger partial charge in [-0.1, -0.05) is 18.2 Å². The number of nitrogens with zero attached hydrogens (tertiary/aromatic N) is 5. The fourth-order valence-corrected chi connectivity index (χ4v) is 4.31. The van der Waals surface area contributed by atoms with Crippen molar-refractivity contribution in [2.75, 3.05) is 13.7 Å². The third kappa shape index (κ3) is 5.32. The average molecular weight is 536 g/mol. The van der Waals surface area contributed by atoms with Gasteiger partial charge in [0.1, 0.15) is 0 Å². The van der Waals surface area contributed by atoms with Crippen molar-refractivity contribution in [3.05, 3.63) is 111 Å². The maximum Gasteiger partial charge on any atom is 0.416 e. The average Bonchev–Trinajstić information content (AvgIpc) is 3.38. The molecular weight excluding hydrogens is 511 g/mol. The fourth-order valence-electron chi connectivity index (χ4n) is 4.31. The summed E-state index contributed by atoms with van der Waals surface area (Å²) < 4.78 is 49.2. The van der Waals surface area contributed by atoms with E-state index < -0.39 is 29.0 Å². The van der Waals surface area contributed by atoms with Gasteiger partial charge in [-0.2, -0.15) is 23.5 Å². The Hall–Kier alpha value is -4.69. The highest BCUT2D eigenvalue weighted by Crippen LogP contribution is 2.31. The highest BCUT2D eigenvalue weighted by molar-refractivity contribution is 5.64. The number of rotatable bonds is 7. The van der Waals surface area contributed by atoms with Crippen LogP contribution in [0.3, 0.4) is 0 Å². The molecule has 2 aromatic carbocycles. The SMILES string of the molecule is COC/C=C/[C@@H](C)n1c(=O)c(-c2ccnn2-c2ccc(C#N)cc2)c(C)n(-c2cccc(C(F)(F)F)c2)c1=O. The molecule has 0 saturated carbocycles. The van der Waals surface area contributed by atoms with Crippen LogP contribution in [0.2, 0.25) is 0 Å². The van der Waals surface area contributed by atoms with Crippen LogP contribution in [0.25, 0.3) is 22.6 Å². The minimum absolute atomic E-state index is 0.0418. The number of allylic oxidation sites excluding steroid dienone is 1. The maximum absolute atomic E-state index is 13.9. The second-order valence-electron chi connectivity index (χ2n) is 8.71. The zero-order valence-electron chi connectivity index (χ0n) is 21.3. The molecule has 0 bridgehead atoms. The maximum atomic E-state index is 13.9. The van der Waals surface area contributed by atoms with E-state index in [9.17, 15) is 22.8 Å². The Labute approximate surface area is 221 Å². The van der Waals surface area contributed by atoms with Crippen LogP contribution in [0.5, 0.6) is 0 Å². The van der Waals surface area contributed by atoms with E-state index in [0.717, 1.165) is 21.3 Å². The molecule has 1 atom stereocenters. The van der Waals surface area contributed by atoms with Crippen LogP contribution in [-0.4, -0.2) is 32.6 Å². The van der Waals surface area contributed by atoms with Crippen LogP contribution in [-0.2, 0) is 10.9 Å². The highest BCUT2D eigenvalue weighted by Gasteiger charge is 2.31. The quantitative estimate of drug-likeness (QED) is 0.317. The number of nitriles is 1. The van der Waals surface area contributed by atoms with Gasteiger partial charge in [0.25, 0.3) is 5.56 Å². The molecule has 0 N–H and O–H groups in total. The molecule has 2 aromatic heterocycles. The third-order valence-electron chi connectivity index (χ3n) is 6.18. The first-order valence-electron chi connectivity index (χ1n) is 11.8. The molecule has 2 heterocycles. The van der Waals surface area contributed by atoms with Crippen molar-refractivity contribution in [2.24, 2.45) is 0 Å². The van der Waals surface area contributed by atoms with Crippen molar-refractivity contribution >= 4 is 0 Å². The zero-order valence-corrected chi connectivity index (χ0v) is 21.3. The molecule has 4 aromatic rings. The molecule has 11 heteroatoms. The molecule has 0 spiro atoms. The fraction of sp³-hybridized carbons (Fsp3) is 0.214. The van der Waals surface area contributed by atoms with Crippen molar-refractivity contribution in [1.29, 1.82) is 5.26 Å². The van der Waals surface area contributed by atoms with Crippen LogP contribution in [0.1, 0.15) is 29.8 Å². The predicted octanol–water partition coefficient (Wildman–Crippen LogP) is 4.81. The van der Waals surface area contributed by atoms with Gasteiger partial charge in [0.05, 0.1) is 58.7 Å². The number of ether oxygens (including phenoxy) is 1. The molecule has 0 unspecified atom stereocenters. The highest BCUT2D eigenvalue weighted by atomic mass is 19.4. The van der Waals surface area contributed by atoms with Crippen molar-refractivity contribution in [3.8, 4) is 28.7 Å². The molecule has 0 aliphatic carbocycles. The van der Waals surface area contributed by atoms with Gasteiger partial charge in [0.15, 0.2) is 0 Å². The summed E-state index contributed by atoms with van der Waals surface area (Å²) in [6.07, 6.45) is 0.0963. The molecule has 0 amide bonds. The van der Waals surface area contributed by atoms with Gasteiger partial charge >= 0.3 is 11.9 Å². The first kappa shape index (κ1) is 27.3. The van der Waals surface area contributed by atoms with Gasteiger partial charge < -0.3 is 4.74 Å². The lowest BCUT2D eigenvalue weighted by Gasteiger charge is -2.20. The molecule has 4 rings (SSSR count). The molecule has 0 radical (unpaired) electrons. The van der Waals surface area contributed by atoms with E-state index in [1.54, 1.807) is 49.4 Å². The molecule has 39 heavy (non-hydrogen) atoms. The molecule has 8 nitrogen and oxygen atoms in total. The standard InChI is InChI=1S/C28H24F3N5O3/c1-18(6-5-15-39-3)34-26(37)25(24-13-14-33-36(24)22-11-9-20(17-32)10-12-22)19(2)35(27(34)38)23-8-4-7-21(16-23)28(29,30)31/h4-14,16,18H,15H2,1-3H3/b6-5+/t18-/m1/s1. The van der Waals surface area contributed by atoms with Crippen LogP contribution in [0, 0.1) is 18.3 Å². The molecular formula is C28H24F3N5O3. The van der Waals surface area contributed by atoms with Crippen molar-refractivity contribution in [3.63, 3.8) is 0 Å². The van der Waals surface area contributed by atoms with Gasteiger partial charge in [0, 0.05) is 12.8 Å². The lowest BCUT2D eigenvalue weighted by Crippen LogP contribution is -2.43. The Kier molecular flexibility index (Phi) is 7.69. The summed E-state index contributed by atoms with van der Waals surface area (Å²) in [7, 11) is 1.50. The zero-order chi connectivity index (χ0) is 28.3. The number of alkyl halides is 3. The lowest BCUT2D eigenvalue weighted by atomic mass is 10.1. The number of benzene rings is 2.